The fourth-order valence-corrected chi connectivity index (χ4v) is 3.65. The Morgan fingerprint density at radius 1 is 0.947 bits per heavy atom. The van der Waals surface area contributed by atoms with Crippen LogP contribution in [0.3, 0.4) is 0 Å². The first kappa shape index (κ1) is 71.3. The molecule has 3 heterocycles. The fraction of sp³-hybridized carbons (Fsp3) is 0.719. The second kappa shape index (κ2) is 48.4. The summed E-state index contributed by atoms with van der Waals surface area (Å²) in [7, 11) is 18.5. The number of likely N-dealkylation sites (N-methyl/N-ethyl adjacent to an activating group) is 8. The van der Waals surface area contributed by atoms with Crippen LogP contribution in [0, 0.1) is 11.3 Å². The maximum Gasteiger partial charge on any atom is 1.00 e. The van der Waals surface area contributed by atoms with Gasteiger partial charge in [-0.15, -0.1) is 11.6 Å². The summed E-state index contributed by atoms with van der Waals surface area (Å²) < 4.78 is 4.93. The van der Waals surface area contributed by atoms with E-state index in [4.69, 9.17) is 39.5 Å². The van der Waals surface area contributed by atoms with Crippen molar-refractivity contribution in [3.63, 3.8) is 0 Å². The van der Waals surface area contributed by atoms with E-state index in [0.29, 0.717) is 32.5 Å². The Morgan fingerprint density at radius 3 is 1.60 bits per heavy atom. The number of carbonyl (C=O) groups is 8. The van der Waals surface area contributed by atoms with Crippen molar-refractivity contribution in [2.24, 2.45) is 0 Å². The van der Waals surface area contributed by atoms with E-state index in [0.717, 1.165) is 19.4 Å². The molecule has 0 aromatic carbocycles. The van der Waals surface area contributed by atoms with Crippen molar-refractivity contribution in [1.82, 2.24) is 40.4 Å². The van der Waals surface area contributed by atoms with E-state index < -0.39 is 0 Å². The third-order valence-electron chi connectivity index (χ3n) is 6.78. The zero-order chi connectivity index (χ0) is 42.6. The van der Waals surface area contributed by atoms with Gasteiger partial charge in [0.05, 0.1) is 32.2 Å². The molecule has 0 saturated carbocycles. The molecule has 3 aliphatic heterocycles. The number of rotatable bonds is 7. The van der Waals surface area contributed by atoms with Gasteiger partial charge in [0.15, 0.2) is 0 Å². The van der Waals surface area contributed by atoms with Crippen molar-refractivity contribution in [1.29, 1.82) is 5.26 Å². The number of nitrogens with one attached hydrogen (secondary N) is 3. The fourth-order valence-electron chi connectivity index (χ4n) is 3.49. The SMILES string of the molecule is CC#N.CN1CCC(=O)N(C)CC1=O.CN1CCC(=O)N(C)CC1=O.CNC(=O)CN(C)C(=O)CCCl.CNCC(=O)NC.O=CO[O-].[B]C1CCCO1.[H-].[H-].[K+].[K+].[Na+]. The maximum atomic E-state index is 11.1. The molecule has 20 nitrogen and oxygen atoms in total. The molecule has 0 bridgehead atoms. The van der Waals surface area contributed by atoms with E-state index in [9.17, 15) is 33.6 Å². The number of ether oxygens (including phenoxy) is 1. The van der Waals surface area contributed by atoms with Gasteiger partial charge in [-0.25, -0.2) is 0 Å². The average Bonchev–Trinajstić information content (AvgIpc) is 3.56. The smallest absolute Gasteiger partial charge is 1.00 e. The van der Waals surface area contributed by atoms with E-state index in [1.807, 2.05) is 0 Å². The minimum absolute atomic E-state index is 0. The Balaban J connectivity index is -0.0000000722. The molecule has 2 radical (unpaired) electrons. The molecule has 3 N–H and O–H groups in total. The van der Waals surface area contributed by atoms with Gasteiger partial charge in [0, 0.05) is 107 Å². The number of hydrogen-bond acceptors (Lipinski definition) is 13. The van der Waals surface area contributed by atoms with Gasteiger partial charge in [0.2, 0.25) is 41.4 Å². The summed E-state index contributed by atoms with van der Waals surface area (Å²) in [4.78, 5) is 95.1. The van der Waals surface area contributed by atoms with Crippen molar-refractivity contribution in [3.8, 4) is 6.07 Å². The van der Waals surface area contributed by atoms with Crippen LogP contribution in [-0.2, 0) is 48.0 Å². The van der Waals surface area contributed by atoms with Gasteiger partial charge in [0.1, 0.15) is 7.85 Å². The summed E-state index contributed by atoms with van der Waals surface area (Å²) in [6.45, 7) is 4.12. The number of nitriles is 1. The molecule has 0 aromatic heterocycles. The standard InChI is InChI=1S/C7H13ClN2O2.2C7H12N2O2.C4H7BO.C4H10N2O.C2H3N.CH2O3.2K.Na.2H/c1-9-6(11)5-10(2)7(12)3-4-8;2*1-8-4-3-6(10)9(2)5-7(8)11;5-4-2-1-3-6-4;1-5-3-4(7)6-2;1-2-3;2-1-4-3;;;;;/h3-5H2,1-2H3,(H,9,11);2*3-5H2,1-2H3;4H,1-3H2;5H,3H2,1-2H3,(H,6,7);1H3;1,3H;;;;;/q;;;;;;;3*+1;2*-1/p-1. The average molecular weight is 894 g/mol. The Kier molecular flexibility index (Phi) is 60.5. The Hall–Kier alpha value is -0.242. The van der Waals surface area contributed by atoms with Crippen molar-refractivity contribution in [3.05, 3.63) is 0 Å². The van der Waals surface area contributed by atoms with Crippen molar-refractivity contribution < 1.29 is 188 Å². The summed E-state index contributed by atoms with van der Waals surface area (Å²) in [6.07, 6.45) is 3.34. The summed E-state index contributed by atoms with van der Waals surface area (Å²) in [5, 5.41) is 23.3. The zero-order valence-corrected chi connectivity index (χ0v) is 45.0. The van der Waals surface area contributed by atoms with E-state index in [1.165, 1.54) is 28.7 Å². The van der Waals surface area contributed by atoms with Crippen LogP contribution in [0.15, 0.2) is 0 Å². The number of hydrogen-bond donors (Lipinski definition) is 3. The Morgan fingerprint density at radius 2 is 1.35 bits per heavy atom. The topological polar surface area (TPSA) is 254 Å². The van der Waals surface area contributed by atoms with E-state index in [1.54, 1.807) is 65.2 Å². The summed E-state index contributed by atoms with van der Waals surface area (Å²) in [5.41, 5.74) is 0. The number of halogens is 1. The molecule has 3 fully saturated rings. The molecule has 7 amide bonds. The molecule has 1 atom stereocenters. The van der Waals surface area contributed by atoms with Crippen LogP contribution in [0.1, 0.15) is 41.9 Å². The first-order valence-corrected chi connectivity index (χ1v) is 17.1. The molecule has 0 aliphatic carbocycles. The minimum Gasteiger partial charge on any atom is -1.00 e. The third-order valence-corrected chi connectivity index (χ3v) is 6.97. The van der Waals surface area contributed by atoms with Gasteiger partial charge in [-0.1, -0.05) is 0 Å². The second-order valence-corrected chi connectivity index (χ2v) is 11.5. The quantitative estimate of drug-likeness (QED) is 0.0707. The van der Waals surface area contributed by atoms with Gasteiger partial charge < -0.3 is 58.2 Å². The molecule has 0 aromatic rings. The van der Waals surface area contributed by atoms with E-state index >= 15 is 0 Å². The van der Waals surface area contributed by atoms with E-state index in [-0.39, 0.29) is 221 Å². The number of amides is 7. The van der Waals surface area contributed by atoms with E-state index in [2.05, 4.69) is 20.8 Å². The van der Waals surface area contributed by atoms with Crippen LogP contribution in [0.2, 0.25) is 0 Å². The van der Waals surface area contributed by atoms with Crippen LogP contribution in [0.5, 0.6) is 0 Å². The zero-order valence-electron chi connectivity index (χ0n) is 38.0. The molecule has 57 heavy (non-hydrogen) atoms. The molecule has 0 spiro atoms. The van der Waals surface area contributed by atoms with Crippen molar-refractivity contribution >= 4 is 67.3 Å². The monoisotopic (exact) mass is 893 g/mol. The third kappa shape index (κ3) is 45.1. The van der Waals surface area contributed by atoms with Crippen LogP contribution >= 0.6 is 11.6 Å². The predicted octanol–water partition coefficient (Wildman–Crippen LogP) is -12.1. The molecule has 3 aliphatic rings. The first-order chi connectivity index (χ1) is 25.4. The van der Waals surface area contributed by atoms with Gasteiger partial charge in [0.25, 0.3) is 6.47 Å². The van der Waals surface area contributed by atoms with Gasteiger partial charge in [-0.2, -0.15) is 5.26 Å². The normalized spacial score (nSPS) is 15.0. The van der Waals surface area contributed by atoms with Crippen molar-refractivity contribution in [2.45, 2.75) is 45.0 Å². The largest absolute Gasteiger partial charge is 1.00 e. The number of alkyl halides is 1. The Bertz CT molecular complexity index is 1150. The summed E-state index contributed by atoms with van der Waals surface area (Å²) >= 11 is 5.36. The molecular formula is C32H60BClK2N9NaO11. The van der Waals surface area contributed by atoms with Gasteiger partial charge >= 0.3 is 132 Å². The molecule has 3 rings (SSSR count). The molecule has 25 heteroatoms. The van der Waals surface area contributed by atoms with Crippen LogP contribution in [0.25, 0.3) is 0 Å². The molecule has 1 unspecified atom stereocenters. The van der Waals surface area contributed by atoms with Gasteiger partial charge in [-0.05, 0) is 19.9 Å². The molecule has 312 valence electrons. The van der Waals surface area contributed by atoms with Crippen molar-refractivity contribution in [2.75, 3.05) is 108 Å². The first-order valence-electron chi connectivity index (χ1n) is 16.6. The number of carbonyl (C=O) groups excluding carboxylic acids is 8. The maximum absolute atomic E-state index is 11.1. The predicted molar refractivity (Wildman–Crippen MR) is 200 cm³/mol. The Labute approximate surface area is 454 Å². The van der Waals surface area contributed by atoms with Crippen LogP contribution < -0.4 is 154 Å². The minimum atomic E-state index is -0.181. The molecular weight excluding hydrogens is 834 g/mol. The number of nitrogens with zero attached hydrogens (tertiary/aromatic N) is 6. The summed E-state index contributed by atoms with van der Waals surface area (Å²) in [5.74, 6) is 0.121. The second-order valence-electron chi connectivity index (χ2n) is 11.2. The summed E-state index contributed by atoms with van der Waals surface area (Å²) in [6, 6.07) is 1.80. The van der Waals surface area contributed by atoms with Crippen LogP contribution in [-0.4, -0.2) is 194 Å². The van der Waals surface area contributed by atoms with Gasteiger partial charge in [-0.3, -0.25) is 38.4 Å². The van der Waals surface area contributed by atoms with Crippen LogP contribution in [0.4, 0.5) is 0 Å². The molecule has 3 saturated heterocycles.